The van der Waals surface area contributed by atoms with Gasteiger partial charge in [0.05, 0.1) is 0 Å². The minimum absolute atomic E-state index is 0.186. The highest BCUT2D eigenvalue weighted by molar-refractivity contribution is 5.47. The van der Waals surface area contributed by atoms with E-state index in [4.69, 9.17) is 4.74 Å². The summed E-state index contributed by atoms with van der Waals surface area (Å²) >= 11 is 0. The van der Waals surface area contributed by atoms with Crippen LogP contribution in [-0.4, -0.2) is 14.1 Å². The minimum atomic E-state index is 0.186. The lowest BCUT2D eigenvalue weighted by atomic mass is 9.97. The van der Waals surface area contributed by atoms with E-state index < -0.39 is 0 Å². The Kier molecular flexibility index (Phi) is 3.16. The van der Waals surface area contributed by atoms with Gasteiger partial charge in [0, 0.05) is 19.8 Å². The molecule has 1 aliphatic heterocycles. The summed E-state index contributed by atoms with van der Waals surface area (Å²) in [5, 5.41) is 0. The number of rotatable bonds is 2. The molecule has 2 heteroatoms. The monoisotopic (exact) mass is 253 g/mol. The van der Waals surface area contributed by atoms with E-state index in [2.05, 4.69) is 61.5 Å². The lowest BCUT2D eigenvalue weighted by molar-refractivity contribution is 0.176. The van der Waals surface area contributed by atoms with Gasteiger partial charge in [-0.1, -0.05) is 30.3 Å². The van der Waals surface area contributed by atoms with Crippen molar-refractivity contribution < 1.29 is 4.74 Å². The molecule has 98 valence electrons. The quantitative estimate of drug-likeness (QED) is 0.806. The fraction of sp³-hybridized carbons (Fsp3) is 0.294. The molecule has 2 aromatic carbocycles. The van der Waals surface area contributed by atoms with Gasteiger partial charge in [0.2, 0.25) is 0 Å². The molecule has 0 amide bonds. The molecule has 0 aliphatic carbocycles. The molecule has 19 heavy (non-hydrogen) atoms. The molecule has 0 radical (unpaired) electrons. The van der Waals surface area contributed by atoms with E-state index in [0.717, 1.165) is 18.6 Å². The summed E-state index contributed by atoms with van der Waals surface area (Å²) in [5.74, 6) is 1.04. The molecule has 0 aromatic heterocycles. The molecule has 1 aliphatic rings. The van der Waals surface area contributed by atoms with E-state index in [1.165, 1.54) is 16.8 Å². The summed E-state index contributed by atoms with van der Waals surface area (Å²) in [7, 11) is 4.12. The second-order valence-electron chi connectivity index (χ2n) is 5.24. The molecule has 0 saturated heterocycles. The van der Waals surface area contributed by atoms with Crippen LogP contribution in [0.1, 0.15) is 23.7 Å². The summed E-state index contributed by atoms with van der Waals surface area (Å²) in [6.45, 7) is 0. The van der Waals surface area contributed by atoms with Crippen molar-refractivity contribution >= 4 is 5.69 Å². The second-order valence-corrected chi connectivity index (χ2v) is 5.24. The summed E-state index contributed by atoms with van der Waals surface area (Å²) in [6, 6.07) is 17.0. The third-order valence-electron chi connectivity index (χ3n) is 3.70. The van der Waals surface area contributed by atoms with Gasteiger partial charge in [-0.3, -0.25) is 0 Å². The number of hydrogen-bond donors (Lipinski definition) is 0. The molecular weight excluding hydrogens is 234 g/mol. The summed E-state index contributed by atoms with van der Waals surface area (Å²) in [4.78, 5) is 2.11. The predicted octanol–water partition coefficient (Wildman–Crippen LogP) is 3.82. The van der Waals surface area contributed by atoms with Gasteiger partial charge < -0.3 is 9.64 Å². The highest BCUT2D eigenvalue weighted by atomic mass is 16.5. The summed E-state index contributed by atoms with van der Waals surface area (Å²) in [5.41, 5.74) is 3.81. The topological polar surface area (TPSA) is 12.5 Å². The number of nitrogens with zero attached hydrogens (tertiary/aromatic N) is 1. The number of benzene rings is 2. The molecule has 1 unspecified atom stereocenters. The Morgan fingerprint density at radius 2 is 1.74 bits per heavy atom. The molecule has 3 rings (SSSR count). The molecule has 0 spiro atoms. The van der Waals surface area contributed by atoms with Crippen molar-refractivity contribution in [3.63, 3.8) is 0 Å². The first kappa shape index (κ1) is 12.1. The zero-order valence-corrected chi connectivity index (χ0v) is 11.5. The number of ether oxygens (including phenoxy) is 1. The highest BCUT2D eigenvalue weighted by Gasteiger charge is 2.20. The Labute approximate surface area is 114 Å². The fourth-order valence-corrected chi connectivity index (χ4v) is 2.55. The summed E-state index contributed by atoms with van der Waals surface area (Å²) < 4.78 is 6.10. The van der Waals surface area contributed by atoms with Gasteiger partial charge in [0.25, 0.3) is 0 Å². The van der Waals surface area contributed by atoms with Crippen molar-refractivity contribution in [1.82, 2.24) is 0 Å². The maximum absolute atomic E-state index is 6.10. The number of para-hydroxylation sites is 1. The second kappa shape index (κ2) is 4.96. The van der Waals surface area contributed by atoms with Crippen molar-refractivity contribution in [2.75, 3.05) is 19.0 Å². The van der Waals surface area contributed by atoms with Gasteiger partial charge in [-0.2, -0.15) is 0 Å². The highest BCUT2D eigenvalue weighted by Crippen LogP contribution is 2.34. The smallest absolute Gasteiger partial charge is 0.124 e. The standard InChI is InChI=1S/C17H19NO/c1-18(2)15-10-7-14(8-11-15)17-12-9-13-5-3-4-6-16(13)19-17/h3-8,10-11,17H,9,12H2,1-2H3. The molecule has 1 heterocycles. The van der Waals surface area contributed by atoms with Crippen LogP contribution in [-0.2, 0) is 6.42 Å². The van der Waals surface area contributed by atoms with Crippen LogP contribution >= 0.6 is 0 Å². The van der Waals surface area contributed by atoms with E-state index in [0.29, 0.717) is 0 Å². The maximum atomic E-state index is 6.10. The van der Waals surface area contributed by atoms with Gasteiger partial charge >= 0.3 is 0 Å². The molecule has 0 bridgehead atoms. The SMILES string of the molecule is CN(C)c1ccc(C2CCc3ccccc3O2)cc1. The first-order valence-electron chi connectivity index (χ1n) is 6.76. The first-order valence-corrected chi connectivity index (χ1v) is 6.76. The zero-order chi connectivity index (χ0) is 13.2. The van der Waals surface area contributed by atoms with Crippen molar-refractivity contribution in [2.24, 2.45) is 0 Å². The third kappa shape index (κ3) is 2.43. The minimum Gasteiger partial charge on any atom is -0.485 e. The average Bonchev–Trinajstić information content (AvgIpc) is 2.47. The van der Waals surface area contributed by atoms with Crippen LogP contribution in [0.15, 0.2) is 48.5 Å². The molecule has 0 N–H and O–H groups in total. The van der Waals surface area contributed by atoms with Gasteiger partial charge in [-0.05, 0) is 42.2 Å². The normalized spacial score (nSPS) is 17.5. The van der Waals surface area contributed by atoms with Crippen molar-refractivity contribution in [2.45, 2.75) is 18.9 Å². The predicted molar refractivity (Wildman–Crippen MR) is 78.9 cm³/mol. The van der Waals surface area contributed by atoms with E-state index >= 15 is 0 Å². The van der Waals surface area contributed by atoms with E-state index in [1.54, 1.807) is 0 Å². The van der Waals surface area contributed by atoms with Crippen LogP contribution in [0.5, 0.6) is 5.75 Å². The van der Waals surface area contributed by atoms with Crippen LogP contribution in [0.25, 0.3) is 0 Å². The van der Waals surface area contributed by atoms with Crippen LogP contribution in [0.3, 0.4) is 0 Å². The van der Waals surface area contributed by atoms with Crippen LogP contribution in [0.2, 0.25) is 0 Å². The molecule has 2 aromatic rings. The van der Waals surface area contributed by atoms with Gasteiger partial charge in [0.1, 0.15) is 11.9 Å². The average molecular weight is 253 g/mol. The van der Waals surface area contributed by atoms with Gasteiger partial charge in [-0.15, -0.1) is 0 Å². The molecule has 0 fully saturated rings. The Hall–Kier alpha value is -1.96. The molecule has 1 atom stereocenters. The number of hydrogen-bond acceptors (Lipinski definition) is 2. The zero-order valence-electron chi connectivity index (χ0n) is 11.5. The number of anilines is 1. The molecule has 0 saturated carbocycles. The molecular formula is C17H19NO. The van der Waals surface area contributed by atoms with E-state index in [1.807, 2.05) is 6.07 Å². The van der Waals surface area contributed by atoms with Crippen molar-refractivity contribution in [1.29, 1.82) is 0 Å². The van der Waals surface area contributed by atoms with Crippen molar-refractivity contribution in [3.05, 3.63) is 59.7 Å². The van der Waals surface area contributed by atoms with Crippen LogP contribution in [0.4, 0.5) is 5.69 Å². The van der Waals surface area contributed by atoms with Crippen molar-refractivity contribution in [3.8, 4) is 5.75 Å². The number of fused-ring (bicyclic) bond motifs is 1. The Bertz CT molecular complexity index is 560. The Morgan fingerprint density at radius 3 is 2.47 bits per heavy atom. The van der Waals surface area contributed by atoms with Gasteiger partial charge in [-0.25, -0.2) is 0 Å². The summed E-state index contributed by atoms with van der Waals surface area (Å²) in [6.07, 6.45) is 2.33. The van der Waals surface area contributed by atoms with E-state index in [-0.39, 0.29) is 6.10 Å². The lowest BCUT2D eigenvalue weighted by Gasteiger charge is -2.26. The lowest BCUT2D eigenvalue weighted by Crippen LogP contribution is -2.15. The van der Waals surface area contributed by atoms with Gasteiger partial charge in [0.15, 0.2) is 0 Å². The first-order chi connectivity index (χ1) is 9.24. The maximum Gasteiger partial charge on any atom is 0.124 e. The van der Waals surface area contributed by atoms with E-state index in [9.17, 15) is 0 Å². The van der Waals surface area contributed by atoms with Crippen LogP contribution < -0.4 is 9.64 Å². The largest absolute Gasteiger partial charge is 0.485 e. The fourth-order valence-electron chi connectivity index (χ4n) is 2.55. The Balaban J connectivity index is 1.81. The van der Waals surface area contributed by atoms with Crippen LogP contribution in [0, 0.1) is 0 Å². The third-order valence-corrected chi connectivity index (χ3v) is 3.70. The number of aryl methyl sites for hydroxylation is 1. The Morgan fingerprint density at radius 1 is 1.00 bits per heavy atom. The molecule has 2 nitrogen and oxygen atoms in total.